The van der Waals surface area contributed by atoms with E-state index < -0.39 is 0 Å². The van der Waals surface area contributed by atoms with Crippen molar-refractivity contribution in [1.82, 2.24) is 5.32 Å². The molecule has 1 heteroatoms. The molecule has 1 N–H and O–H groups in total. The second-order valence-electron chi connectivity index (χ2n) is 7.43. The normalized spacial score (nSPS) is 39.7. The van der Waals surface area contributed by atoms with E-state index in [0.717, 1.165) is 24.3 Å². The van der Waals surface area contributed by atoms with Crippen molar-refractivity contribution in [2.45, 2.75) is 50.5 Å². The van der Waals surface area contributed by atoms with Crippen molar-refractivity contribution in [2.24, 2.45) is 17.8 Å². The summed E-state index contributed by atoms with van der Waals surface area (Å²) in [4.78, 5) is 0. The monoisotopic (exact) mass is 255 g/mol. The predicted molar refractivity (Wildman–Crippen MR) is 79.1 cm³/mol. The standard InChI is InChI=1S/C18H25N/c1-19-12-13-2-4-17(5-3-13)18-9-14-6-15(10-18)8-16(7-14)11-18/h2-5,14-16,19H,6-12H2,1H3. The minimum atomic E-state index is 0.562. The molecule has 0 saturated heterocycles. The Labute approximate surface area is 116 Å². The van der Waals surface area contributed by atoms with Crippen LogP contribution in [-0.2, 0) is 12.0 Å². The van der Waals surface area contributed by atoms with Crippen LogP contribution in [0.15, 0.2) is 24.3 Å². The van der Waals surface area contributed by atoms with Gasteiger partial charge < -0.3 is 5.32 Å². The third kappa shape index (κ3) is 1.94. The summed E-state index contributed by atoms with van der Waals surface area (Å²) < 4.78 is 0. The summed E-state index contributed by atoms with van der Waals surface area (Å²) >= 11 is 0. The third-order valence-corrected chi connectivity index (χ3v) is 5.99. The predicted octanol–water partition coefficient (Wildman–Crippen LogP) is 3.87. The highest BCUT2D eigenvalue weighted by Gasteiger charge is 2.51. The molecule has 0 spiro atoms. The molecule has 0 aliphatic heterocycles. The zero-order valence-electron chi connectivity index (χ0n) is 12.0. The molecule has 5 rings (SSSR count). The van der Waals surface area contributed by atoms with Crippen molar-refractivity contribution < 1.29 is 0 Å². The van der Waals surface area contributed by atoms with Crippen LogP contribution in [0.25, 0.3) is 0 Å². The lowest BCUT2D eigenvalue weighted by Crippen LogP contribution is -2.48. The molecule has 0 atom stereocenters. The smallest absolute Gasteiger partial charge is 0.0202 e. The van der Waals surface area contributed by atoms with Crippen LogP contribution in [-0.4, -0.2) is 7.05 Å². The first-order valence-corrected chi connectivity index (χ1v) is 8.01. The fourth-order valence-corrected chi connectivity index (χ4v) is 5.64. The van der Waals surface area contributed by atoms with E-state index in [-0.39, 0.29) is 0 Å². The summed E-state index contributed by atoms with van der Waals surface area (Å²) in [6.45, 7) is 0.987. The topological polar surface area (TPSA) is 12.0 Å². The summed E-state index contributed by atoms with van der Waals surface area (Å²) in [7, 11) is 2.02. The van der Waals surface area contributed by atoms with E-state index in [1.807, 2.05) is 7.05 Å². The highest BCUT2D eigenvalue weighted by atomic mass is 14.8. The molecule has 0 amide bonds. The Hall–Kier alpha value is -0.820. The van der Waals surface area contributed by atoms with Crippen molar-refractivity contribution >= 4 is 0 Å². The lowest BCUT2D eigenvalue weighted by molar-refractivity contribution is -0.00519. The van der Waals surface area contributed by atoms with E-state index in [1.54, 1.807) is 5.56 Å². The number of benzene rings is 1. The average molecular weight is 255 g/mol. The second kappa shape index (κ2) is 4.34. The van der Waals surface area contributed by atoms with E-state index in [1.165, 1.54) is 44.1 Å². The quantitative estimate of drug-likeness (QED) is 0.864. The summed E-state index contributed by atoms with van der Waals surface area (Å²) in [5.41, 5.74) is 3.62. The van der Waals surface area contributed by atoms with Crippen molar-refractivity contribution in [3.63, 3.8) is 0 Å². The molecule has 4 aliphatic rings. The van der Waals surface area contributed by atoms with E-state index in [4.69, 9.17) is 0 Å². The molecule has 0 radical (unpaired) electrons. The Kier molecular flexibility index (Phi) is 2.73. The molecule has 19 heavy (non-hydrogen) atoms. The van der Waals surface area contributed by atoms with Crippen LogP contribution >= 0.6 is 0 Å². The number of hydrogen-bond donors (Lipinski definition) is 1. The van der Waals surface area contributed by atoms with Crippen molar-refractivity contribution in [1.29, 1.82) is 0 Å². The van der Waals surface area contributed by atoms with E-state index >= 15 is 0 Å². The zero-order valence-corrected chi connectivity index (χ0v) is 12.0. The van der Waals surface area contributed by atoms with E-state index in [2.05, 4.69) is 29.6 Å². The Balaban J connectivity index is 1.64. The van der Waals surface area contributed by atoms with Crippen LogP contribution in [0.1, 0.15) is 49.7 Å². The number of hydrogen-bond acceptors (Lipinski definition) is 1. The number of rotatable bonds is 3. The van der Waals surface area contributed by atoms with Gasteiger partial charge in [0.2, 0.25) is 0 Å². The van der Waals surface area contributed by atoms with Crippen LogP contribution in [0.4, 0.5) is 0 Å². The lowest BCUT2D eigenvalue weighted by Gasteiger charge is -2.57. The molecule has 1 aromatic rings. The highest BCUT2D eigenvalue weighted by molar-refractivity contribution is 5.32. The molecule has 0 heterocycles. The fraction of sp³-hybridized carbons (Fsp3) is 0.667. The minimum absolute atomic E-state index is 0.562. The SMILES string of the molecule is CNCc1ccc(C23CC4CC(CC(C4)C2)C3)cc1. The largest absolute Gasteiger partial charge is 0.316 e. The Morgan fingerprint density at radius 2 is 1.47 bits per heavy atom. The maximum atomic E-state index is 3.24. The first kappa shape index (κ1) is 12.0. The first-order valence-electron chi connectivity index (χ1n) is 8.01. The zero-order chi connectivity index (χ0) is 12.9. The molecule has 1 aromatic carbocycles. The fourth-order valence-electron chi connectivity index (χ4n) is 5.64. The molecule has 0 unspecified atom stereocenters. The van der Waals surface area contributed by atoms with Crippen LogP contribution in [0.2, 0.25) is 0 Å². The van der Waals surface area contributed by atoms with Crippen molar-refractivity contribution in [3.05, 3.63) is 35.4 Å². The molecule has 1 nitrogen and oxygen atoms in total. The van der Waals surface area contributed by atoms with E-state index in [9.17, 15) is 0 Å². The van der Waals surface area contributed by atoms with Gasteiger partial charge >= 0.3 is 0 Å². The van der Waals surface area contributed by atoms with Gasteiger partial charge in [-0.15, -0.1) is 0 Å². The summed E-state index contributed by atoms with van der Waals surface area (Å²) in [5, 5.41) is 3.24. The third-order valence-electron chi connectivity index (χ3n) is 5.99. The van der Waals surface area contributed by atoms with E-state index in [0.29, 0.717) is 5.41 Å². The van der Waals surface area contributed by atoms with Crippen LogP contribution in [0, 0.1) is 17.8 Å². The van der Waals surface area contributed by atoms with Crippen molar-refractivity contribution in [3.8, 4) is 0 Å². The van der Waals surface area contributed by atoms with Gasteiger partial charge in [-0.2, -0.15) is 0 Å². The van der Waals surface area contributed by atoms with Gasteiger partial charge in [0.05, 0.1) is 0 Å². The molecule has 4 saturated carbocycles. The summed E-state index contributed by atoms with van der Waals surface area (Å²) in [6, 6.07) is 9.54. The molecule has 102 valence electrons. The summed E-state index contributed by atoms with van der Waals surface area (Å²) in [6.07, 6.45) is 9.05. The van der Waals surface area contributed by atoms with Gasteiger partial charge in [-0.25, -0.2) is 0 Å². The average Bonchev–Trinajstić information content (AvgIpc) is 2.38. The molecule has 4 bridgehead atoms. The first-order chi connectivity index (χ1) is 9.27. The molecular formula is C18H25N. The number of nitrogens with one attached hydrogen (secondary N) is 1. The van der Waals surface area contributed by atoms with Gasteiger partial charge in [0.15, 0.2) is 0 Å². The minimum Gasteiger partial charge on any atom is -0.316 e. The van der Waals surface area contributed by atoms with Gasteiger partial charge in [0.25, 0.3) is 0 Å². The maximum absolute atomic E-state index is 3.24. The molecule has 0 aromatic heterocycles. The molecule has 4 aliphatic carbocycles. The Morgan fingerprint density at radius 1 is 0.947 bits per heavy atom. The summed E-state index contributed by atoms with van der Waals surface area (Å²) in [5.74, 6) is 3.13. The molecule has 4 fully saturated rings. The molecular weight excluding hydrogens is 230 g/mol. The lowest BCUT2D eigenvalue weighted by atomic mass is 9.48. The van der Waals surface area contributed by atoms with Gasteiger partial charge in [-0.3, -0.25) is 0 Å². The van der Waals surface area contributed by atoms with Crippen LogP contribution < -0.4 is 5.32 Å². The van der Waals surface area contributed by atoms with Gasteiger partial charge in [0, 0.05) is 6.54 Å². The van der Waals surface area contributed by atoms with Gasteiger partial charge in [-0.1, -0.05) is 24.3 Å². The highest BCUT2D eigenvalue weighted by Crippen LogP contribution is 2.60. The van der Waals surface area contributed by atoms with Crippen LogP contribution in [0.5, 0.6) is 0 Å². The second-order valence-corrected chi connectivity index (χ2v) is 7.43. The van der Waals surface area contributed by atoms with Crippen LogP contribution in [0.3, 0.4) is 0 Å². The van der Waals surface area contributed by atoms with Gasteiger partial charge in [0.1, 0.15) is 0 Å². The Bertz CT molecular complexity index is 424. The maximum Gasteiger partial charge on any atom is 0.0202 e. The Morgan fingerprint density at radius 3 is 1.95 bits per heavy atom. The van der Waals surface area contributed by atoms with Gasteiger partial charge in [-0.05, 0) is 79.9 Å². The van der Waals surface area contributed by atoms with Crippen molar-refractivity contribution in [2.75, 3.05) is 7.05 Å².